The molecule has 0 spiro atoms. The van der Waals surface area contributed by atoms with Gasteiger partial charge in [-0.15, -0.1) is 13.2 Å². The number of alkyl halides is 6. The molecule has 1 aliphatic rings. The molecule has 39 heavy (non-hydrogen) atoms. The van der Waals surface area contributed by atoms with Crippen LogP contribution in [0.1, 0.15) is 39.1 Å². The molecule has 7 nitrogen and oxygen atoms in total. The quantitative estimate of drug-likeness (QED) is 0.252. The van der Waals surface area contributed by atoms with E-state index in [1.807, 2.05) is 22.6 Å². The largest absolute Gasteiger partial charge is 0.573 e. The summed E-state index contributed by atoms with van der Waals surface area (Å²) in [5, 5.41) is 12.7. The lowest BCUT2D eigenvalue weighted by atomic mass is 9.97. The number of carbonyl (C=O) groups is 3. The number of nitrogens with zero attached hydrogens (tertiary/aromatic N) is 1. The second-order valence-electron chi connectivity index (χ2n) is 8.27. The zero-order chi connectivity index (χ0) is 28.7. The minimum Gasteiger partial charge on any atom is -0.479 e. The van der Waals surface area contributed by atoms with Gasteiger partial charge >= 0.3 is 18.5 Å². The van der Waals surface area contributed by atoms with Gasteiger partial charge in [0.05, 0.1) is 16.8 Å². The monoisotopic (exact) mass is 664 g/mol. The van der Waals surface area contributed by atoms with Crippen LogP contribution in [0, 0.1) is 3.57 Å². The molecule has 2 N–H and O–H groups in total. The molecular weight excluding hydrogens is 649 g/mol. The number of benzene rings is 3. The van der Waals surface area contributed by atoms with Gasteiger partial charge in [-0.25, -0.2) is 4.79 Å². The molecule has 14 heteroatoms. The highest BCUT2D eigenvalue weighted by molar-refractivity contribution is 14.1. The summed E-state index contributed by atoms with van der Waals surface area (Å²) in [5.74, 6) is -4.14. The first-order chi connectivity index (χ1) is 18.2. The number of carbonyl (C=O) groups excluding carboxylic acids is 2. The summed E-state index contributed by atoms with van der Waals surface area (Å²) in [6, 6.07) is 7.64. The number of rotatable bonds is 5. The molecule has 0 bridgehead atoms. The van der Waals surface area contributed by atoms with Gasteiger partial charge in [-0.3, -0.25) is 9.59 Å². The second kappa shape index (κ2) is 10.4. The van der Waals surface area contributed by atoms with Crippen LogP contribution in [0.25, 0.3) is 0 Å². The van der Waals surface area contributed by atoms with E-state index >= 15 is 0 Å². The molecule has 3 aromatic rings. The molecule has 204 valence electrons. The van der Waals surface area contributed by atoms with Crippen LogP contribution in [0.3, 0.4) is 0 Å². The van der Waals surface area contributed by atoms with Gasteiger partial charge in [-0.2, -0.15) is 13.2 Å². The first kappa shape index (κ1) is 28.2. The Morgan fingerprint density at radius 2 is 1.56 bits per heavy atom. The van der Waals surface area contributed by atoms with E-state index in [0.29, 0.717) is 20.6 Å². The summed E-state index contributed by atoms with van der Waals surface area (Å²) < 4.78 is 81.6. The Hall–Kier alpha value is -3.82. The van der Waals surface area contributed by atoms with Crippen LogP contribution in [-0.2, 0) is 15.8 Å². The molecule has 2 amide bonds. The molecule has 3 aromatic carbocycles. The van der Waals surface area contributed by atoms with Crippen molar-refractivity contribution in [3.8, 4) is 5.75 Å². The number of fused-ring (bicyclic) bond motifs is 1. The van der Waals surface area contributed by atoms with E-state index in [9.17, 15) is 45.8 Å². The summed E-state index contributed by atoms with van der Waals surface area (Å²) in [4.78, 5) is 40.4. The molecule has 1 heterocycles. The van der Waals surface area contributed by atoms with Crippen LogP contribution >= 0.6 is 22.6 Å². The first-order valence-electron chi connectivity index (χ1n) is 10.8. The number of ether oxygens (including phenoxy) is 1. The van der Waals surface area contributed by atoms with Gasteiger partial charge in [-0.1, -0.05) is 24.3 Å². The van der Waals surface area contributed by atoms with Crippen LogP contribution in [-0.4, -0.2) is 34.2 Å². The maximum absolute atomic E-state index is 13.8. The summed E-state index contributed by atoms with van der Waals surface area (Å²) in [7, 11) is 0. The Morgan fingerprint density at radius 1 is 0.949 bits per heavy atom. The van der Waals surface area contributed by atoms with Crippen molar-refractivity contribution in [3.05, 3.63) is 92.6 Å². The molecule has 1 aliphatic heterocycles. The van der Waals surface area contributed by atoms with Crippen LogP contribution < -0.4 is 10.1 Å². The molecule has 2 atom stereocenters. The zero-order valence-electron chi connectivity index (χ0n) is 19.2. The van der Waals surface area contributed by atoms with Gasteiger partial charge in [0.2, 0.25) is 0 Å². The van der Waals surface area contributed by atoms with E-state index < -0.39 is 53.7 Å². The van der Waals surface area contributed by atoms with Crippen LogP contribution in [0.15, 0.2) is 66.7 Å². The summed E-state index contributed by atoms with van der Waals surface area (Å²) >= 11 is 1.89. The third-order valence-corrected chi connectivity index (χ3v) is 6.40. The predicted molar refractivity (Wildman–Crippen MR) is 132 cm³/mol. The van der Waals surface area contributed by atoms with Crippen molar-refractivity contribution in [2.24, 2.45) is 0 Å². The van der Waals surface area contributed by atoms with Crippen molar-refractivity contribution in [3.63, 3.8) is 0 Å². The van der Waals surface area contributed by atoms with E-state index in [1.165, 1.54) is 12.1 Å². The average Bonchev–Trinajstić information content (AvgIpc) is 2.93. The SMILES string of the molecule is O=C(O)C(c1ccc(C(F)(F)F)cc1)N1C(=O)c2cc(I)ccc2NC(=O)C1c1ccc(OC(F)(F)F)cc1. The van der Waals surface area contributed by atoms with Crippen LogP contribution in [0.5, 0.6) is 5.75 Å². The lowest BCUT2D eigenvalue weighted by Crippen LogP contribution is -2.44. The van der Waals surface area contributed by atoms with Crippen molar-refractivity contribution < 1.29 is 50.6 Å². The molecule has 0 saturated carbocycles. The van der Waals surface area contributed by atoms with Gasteiger partial charge in [0.1, 0.15) is 11.8 Å². The molecule has 0 fully saturated rings. The normalized spacial score (nSPS) is 16.7. The molecule has 0 saturated heterocycles. The van der Waals surface area contributed by atoms with E-state index in [2.05, 4.69) is 10.1 Å². The first-order valence-corrected chi connectivity index (χ1v) is 11.9. The van der Waals surface area contributed by atoms with E-state index in [-0.39, 0.29) is 22.4 Å². The molecular formula is C25H15F6IN2O5. The fourth-order valence-corrected chi connectivity index (χ4v) is 4.58. The maximum atomic E-state index is 13.8. The number of anilines is 1. The zero-order valence-corrected chi connectivity index (χ0v) is 21.3. The minimum atomic E-state index is -5.00. The van der Waals surface area contributed by atoms with Gasteiger partial charge in [0.15, 0.2) is 6.04 Å². The van der Waals surface area contributed by atoms with Crippen molar-refractivity contribution in [2.75, 3.05) is 5.32 Å². The summed E-state index contributed by atoms with van der Waals surface area (Å²) in [6.07, 6.45) is -9.72. The molecule has 2 unspecified atom stereocenters. The Labute approximate surface area is 229 Å². The van der Waals surface area contributed by atoms with E-state index in [0.717, 1.165) is 36.4 Å². The maximum Gasteiger partial charge on any atom is 0.573 e. The third-order valence-electron chi connectivity index (χ3n) is 5.73. The van der Waals surface area contributed by atoms with Crippen molar-refractivity contribution in [2.45, 2.75) is 24.6 Å². The highest BCUT2D eigenvalue weighted by Crippen LogP contribution is 2.39. The van der Waals surface area contributed by atoms with Crippen LogP contribution in [0.2, 0.25) is 0 Å². The van der Waals surface area contributed by atoms with E-state index in [4.69, 9.17) is 0 Å². The third kappa shape index (κ3) is 6.10. The van der Waals surface area contributed by atoms with Gasteiger partial charge in [0.25, 0.3) is 11.8 Å². The fourth-order valence-electron chi connectivity index (χ4n) is 4.09. The van der Waals surface area contributed by atoms with Gasteiger partial charge in [0, 0.05) is 3.57 Å². The van der Waals surface area contributed by atoms with Crippen molar-refractivity contribution in [1.29, 1.82) is 0 Å². The van der Waals surface area contributed by atoms with Crippen LogP contribution in [0.4, 0.5) is 32.0 Å². The average molecular weight is 664 g/mol. The number of carboxylic acids is 1. The Balaban J connectivity index is 1.88. The number of nitrogens with one attached hydrogen (secondary N) is 1. The number of halogens is 7. The lowest BCUT2D eigenvalue weighted by Gasteiger charge is -2.34. The Morgan fingerprint density at radius 3 is 2.10 bits per heavy atom. The topological polar surface area (TPSA) is 95.9 Å². The fraction of sp³-hybridized carbons (Fsp3) is 0.160. The van der Waals surface area contributed by atoms with Crippen molar-refractivity contribution in [1.82, 2.24) is 4.90 Å². The molecule has 4 rings (SSSR count). The minimum absolute atomic E-state index is 0.0477. The Bertz CT molecular complexity index is 1420. The molecule has 0 radical (unpaired) electrons. The van der Waals surface area contributed by atoms with Gasteiger partial charge in [-0.05, 0) is 76.2 Å². The van der Waals surface area contributed by atoms with E-state index in [1.54, 1.807) is 6.07 Å². The molecule has 0 aliphatic carbocycles. The van der Waals surface area contributed by atoms with Crippen molar-refractivity contribution >= 4 is 46.1 Å². The number of hydrogen-bond acceptors (Lipinski definition) is 4. The highest BCUT2D eigenvalue weighted by atomic mass is 127. The lowest BCUT2D eigenvalue weighted by molar-refractivity contribution is -0.274. The number of hydrogen-bond donors (Lipinski definition) is 2. The highest BCUT2D eigenvalue weighted by Gasteiger charge is 2.44. The molecule has 0 aromatic heterocycles. The summed E-state index contributed by atoms with van der Waals surface area (Å²) in [6.45, 7) is 0. The smallest absolute Gasteiger partial charge is 0.479 e. The summed E-state index contributed by atoms with van der Waals surface area (Å²) in [5.41, 5.74) is -1.42. The number of carboxylic acid groups (broad SMARTS) is 1. The number of aliphatic carboxylic acids is 1. The van der Waals surface area contributed by atoms with Gasteiger partial charge < -0.3 is 20.1 Å². The predicted octanol–water partition coefficient (Wildman–Crippen LogP) is 6.17. The Kier molecular flexibility index (Phi) is 7.51. The number of amides is 2. The second-order valence-corrected chi connectivity index (χ2v) is 9.52. The standard InChI is InChI=1S/C25H15F6IN2O5/c26-24(27,28)14-5-1-13(2-6-14)20(23(37)38)34-19(12-3-8-16(9-4-12)39-25(29,30)31)21(35)33-18-10-7-15(32)11-17(18)22(34)36/h1-11,19-20H,(H,33,35)(H,37,38).